The van der Waals surface area contributed by atoms with E-state index in [0.29, 0.717) is 18.8 Å². The zero-order chi connectivity index (χ0) is 14.3. The minimum atomic E-state index is -0.0484. The summed E-state index contributed by atoms with van der Waals surface area (Å²) in [6, 6.07) is 5.79. The van der Waals surface area contributed by atoms with Gasteiger partial charge in [-0.2, -0.15) is 0 Å². The summed E-state index contributed by atoms with van der Waals surface area (Å²) in [5, 5.41) is 6.17. The zero-order valence-electron chi connectivity index (χ0n) is 12.2. The SMILES string of the molecule is CCNc1ccc(C(=O)NC(C)COCC)c(C)c1. The van der Waals surface area contributed by atoms with E-state index < -0.39 is 0 Å². The second kappa shape index (κ2) is 7.79. The molecule has 1 unspecified atom stereocenters. The third-order valence-electron chi connectivity index (χ3n) is 2.80. The molecule has 0 bridgehead atoms. The molecule has 0 aliphatic rings. The van der Waals surface area contributed by atoms with Crippen molar-refractivity contribution in [3.63, 3.8) is 0 Å². The van der Waals surface area contributed by atoms with Crippen molar-refractivity contribution in [1.29, 1.82) is 0 Å². The van der Waals surface area contributed by atoms with Gasteiger partial charge in [-0.25, -0.2) is 0 Å². The monoisotopic (exact) mass is 264 g/mol. The summed E-state index contributed by atoms with van der Waals surface area (Å²) < 4.78 is 5.29. The van der Waals surface area contributed by atoms with E-state index >= 15 is 0 Å². The molecule has 1 aromatic rings. The van der Waals surface area contributed by atoms with E-state index in [0.717, 1.165) is 17.8 Å². The van der Waals surface area contributed by atoms with Crippen molar-refractivity contribution in [3.05, 3.63) is 29.3 Å². The number of nitrogens with one attached hydrogen (secondary N) is 2. The quantitative estimate of drug-likeness (QED) is 0.796. The predicted molar refractivity (Wildman–Crippen MR) is 78.8 cm³/mol. The number of rotatable bonds is 7. The Labute approximate surface area is 115 Å². The van der Waals surface area contributed by atoms with E-state index in [1.54, 1.807) is 0 Å². The molecule has 4 nitrogen and oxygen atoms in total. The first-order chi connectivity index (χ1) is 9.08. The van der Waals surface area contributed by atoms with Gasteiger partial charge < -0.3 is 15.4 Å². The second-order valence-electron chi connectivity index (χ2n) is 4.59. The van der Waals surface area contributed by atoms with Crippen LogP contribution in [-0.2, 0) is 4.74 Å². The lowest BCUT2D eigenvalue weighted by Gasteiger charge is -2.15. The van der Waals surface area contributed by atoms with E-state index in [1.165, 1.54) is 0 Å². The van der Waals surface area contributed by atoms with E-state index in [-0.39, 0.29) is 11.9 Å². The highest BCUT2D eigenvalue weighted by molar-refractivity contribution is 5.96. The lowest BCUT2D eigenvalue weighted by atomic mass is 10.1. The van der Waals surface area contributed by atoms with Gasteiger partial charge >= 0.3 is 0 Å². The molecular weight excluding hydrogens is 240 g/mol. The minimum absolute atomic E-state index is 0.0142. The normalized spacial score (nSPS) is 12.0. The molecule has 1 amide bonds. The zero-order valence-corrected chi connectivity index (χ0v) is 12.2. The molecule has 2 N–H and O–H groups in total. The standard InChI is InChI=1S/C15H24N2O2/c1-5-16-13-7-8-14(11(3)9-13)15(18)17-12(4)10-19-6-2/h7-9,12,16H,5-6,10H2,1-4H3,(H,17,18). The fourth-order valence-corrected chi connectivity index (χ4v) is 1.87. The van der Waals surface area contributed by atoms with Crippen molar-refractivity contribution in [2.75, 3.05) is 25.1 Å². The lowest BCUT2D eigenvalue weighted by Crippen LogP contribution is -2.36. The Hall–Kier alpha value is -1.55. The Morgan fingerprint density at radius 2 is 2.11 bits per heavy atom. The van der Waals surface area contributed by atoms with Crippen LogP contribution in [0.2, 0.25) is 0 Å². The molecule has 0 radical (unpaired) electrons. The number of carbonyl (C=O) groups is 1. The van der Waals surface area contributed by atoms with Gasteiger partial charge in [0.05, 0.1) is 6.61 Å². The van der Waals surface area contributed by atoms with Crippen LogP contribution in [-0.4, -0.2) is 31.7 Å². The summed E-state index contributed by atoms with van der Waals surface area (Å²) >= 11 is 0. The summed E-state index contributed by atoms with van der Waals surface area (Å²) in [4.78, 5) is 12.1. The van der Waals surface area contributed by atoms with Crippen LogP contribution >= 0.6 is 0 Å². The third-order valence-corrected chi connectivity index (χ3v) is 2.80. The highest BCUT2D eigenvalue weighted by Gasteiger charge is 2.12. The molecule has 1 aromatic carbocycles. The molecule has 0 aromatic heterocycles. The van der Waals surface area contributed by atoms with Gasteiger partial charge in [0.1, 0.15) is 0 Å². The lowest BCUT2D eigenvalue weighted by molar-refractivity contribution is 0.0871. The maximum Gasteiger partial charge on any atom is 0.251 e. The van der Waals surface area contributed by atoms with E-state index in [9.17, 15) is 4.79 Å². The van der Waals surface area contributed by atoms with Crippen molar-refractivity contribution in [3.8, 4) is 0 Å². The average molecular weight is 264 g/mol. The summed E-state index contributed by atoms with van der Waals surface area (Å²) in [6.45, 7) is 9.95. The molecule has 0 saturated carbocycles. The van der Waals surface area contributed by atoms with Gasteiger partial charge in [-0.15, -0.1) is 0 Å². The number of aryl methyl sites for hydroxylation is 1. The molecule has 0 fully saturated rings. The van der Waals surface area contributed by atoms with Crippen LogP contribution in [0.15, 0.2) is 18.2 Å². The Bertz CT molecular complexity index is 419. The Morgan fingerprint density at radius 3 is 2.68 bits per heavy atom. The molecule has 0 aliphatic heterocycles. The number of anilines is 1. The highest BCUT2D eigenvalue weighted by atomic mass is 16.5. The molecule has 106 valence electrons. The first-order valence-electron chi connectivity index (χ1n) is 6.81. The second-order valence-corrected chi connectivity index (χ2v) is 4.59. The van der Waals surface area contributed by atoms with Crippen LogP contribution in [0.25, 0.3) is 0 Å². The van der Waals surface area contributed by atoms with Gasteiger partial charge in [0.2, 0.25) is 0 Å². The molecule has 1 atom stereocenters. The number of benzene rings is 1. The highest BCUT2D eigenvalue weighted by Crippen LogP contribution is 2.15. The van der Waals surface area contributed by atoms with E-state index in [1.807, 2.05) is 45.9 Å². The number of ether oxygens (including phenoxy) is 1. The molecule has 0 heterocycles. The van der Waals surface area contributed by atoms with Crippen LogP contribution in [0.5, 0.6) is 0 Å². The van der Waals surface area contributed by atoms with Crippen molar-refractivity contribution in [2.45, 2.75) is 33.7 Å². The molecule has 4 heteroatoms. The number of carbonyl (C=O) groups excluding carboxylic acids is 1. The van der Waals surface area contributed by atoms with Crippen LogP contribution in [0.4, 0.5) is 5.69 Å². The van der Waals surface area contributed by atoms with Crippen LogP contribution in [0.1, 0.15) is 36.7 Å². The van der Waals surface area contributed by atoms with Gasteiger partial charge in [0, 0.05) is 30.4 Å². The largest absolute Gasteiger partial charge is 0.385 e. The molecule has 0 spiro atoms. The number of amides is 1. The van der Waals surface area contributed by atoms with Gasteiger partial charge in [-0.05, 0) is 51.5 Å². The molecule has 1 rings (SSSR count). The van der Waals surface area contributed by atoms with E-state index in [2.05, 4.69) is 10.6 Å². The maximum absolute atomic E-state index is 12.1. The molecule has 19 heavy (non-hydrogen) atoms. The maximum atomic E-state index is 12.1. The minimum Gasteiger partial charge on any atom is -0.385 e. The predicted octanol–water partition coefficient (Wildman–Crippen LogP) is 2.58. The first kappa shape index (κ1) is 15.5. The Kier molecular flexibility index (Phi) is 6.36. The summed E-state index contributed by atoms with van der Waals surface area (Å²) in [6.07, 6.45) is 0. The Balaban J connectivity index is 2.66. The molecular formula is C15H24N2O2. The third kappa shape index (κ3) is 4.91. The Morgan fingerprint density at radius 1 is 1.37 bits per heavy atom. The summed E-state index contributed by atoms with van der Waals surface area (Å²) in [7, 11) is 0. The van der Waals surface area contributed by atoms with Crippen LogP contribution in [0, 0.1) is 6.92 Å². The van der Waals surface area contributed by atoms with Crippen molar-refractivity contribution < 1.29 is 9.53 Å². The van der Waals surface area contributed by atoms with Crippen LogP contribution < -0.4 is 10.6 Å². The van der Waals surface area contributed by atoms with E-state index in [4.69, 9.17) is 4.74 Å². The smallest absolute Gasteiger partial charge is 0.251 e. The fraction of sp³-hybridized carbons (Fsp3) is 0.533. The molecule has 0 aliphatic carbocycles. The van der Waals surface area contributed by atoms with Gasteiger partial charge in [0.15, 0.2) is 0 Å². The van der Waals surface area contributed by atoms with Crippen LogP contribution in [0.3, 0.4) is 0 Å². The average Bonchev–Trinajstić information content (AvgIpc) is 2.36. The fourth-order valence-electron chi connectivity index (χ4n) is 1.87. The number of hydrogen-bond donors (Lipinski definition) is 2. The van der Waals surface area contributed by atoms with Crippen molar-refractivity contribution in [2.24, 2.45) is 0 Å². The first-order valence-corrected chi connectivity index (χ1v) is 6.81. The van der Waals surface area contributed by atoms with Gasteiger partial charge in [-0.1, -0.05) is 0 Å². The number of hydrogen-bond acceptors (Lipinski definition) is 3. The van der Waals surface area contributed by atoms with Gasteiger partial charge in [0.25, 0.3) is 5.91 Å². The summed E-state index contributed by atoms with van der Waals surface area (Å²) in [5.41, 5.74) is 2.73. The van der Waals surface area contributed by atoms with Gasteiger partial charge in [-0.3, -0.25) is 4.79 Å². The summed E-state index contributed by atoms with van der Waals surface area (Å²) in [5.74, 6) is -0.0484. The van der Waals surface area contributed by atoms with Crippen molar-refractivity contribution in [1.82, 2.24) is 5.32 Å². The van der Waals surface area contributed by atoms with Crippen molar-refractivity contribution >= 4 is 11.6 Å². The molecule has 0 saturated heterocycles. The topological polar surface area (TPSA) is 50.4 Å².